The third kappa shape index (κ3) is 1.88. The highest BCUT2D eigenvalue weighted by Gasteiger charge is 2.42. The van der Waals surface area contributed by atoms with Gasteiger partial charge >= 0.3 is 5.82 Å². The number of fused-ring (bicyclic) bond motifs is 1. The Balaban J connectivity index is 1.89. The van der Waals surface area contributed by atoms with Gasteiger partial charge in [-0.1, -0.05) is 5.16 Å². The molecule has 1 aromatic heterocycles. The minimum Gasteiger partial charge on any atom is -0.393 e. The molecule has 19 heavy (non-hydrogen) atoms. The fraction of sp³-hybridized carbons (Fsp3) is 0.636. The van der Waals surface area contributed by atoms with E-state index < -0.39 is 4.92 Å². The molecule has 102 valence electrons. The van der Waals surface area contributed by atoms with Gasteiger partial charge in [-0.3, -0.25) is 0 Å². The van der Waals surface area contributed by atoms with Crippen LogP contribution in [0.25, 0.3) is 0 Å². The van der Waals surface area contributed by atoms with Crippen LogP contribution in [-0.2, 0) is 11.9 Å². The van der Waals surface area contributed by atoms with E-state index in [4.69, 9.17) is 4.84 Å². The van der Waals surface area contributed by atoms with Crippen molar-refractivity contribution in [1.82, 2.24) is 9.55 Å². The van der Waals surface area contributed by atoms with Crippen molar-refractivity contribution in [2.45, 2.75) is 31.5 Å². The fourth-order valence-electron chi connectivity index (χ4n) is 2.74. The zero-order chi connectivity index (χ0) is 13.6. The van der Waals surface area contributed by atoms with E-state index >= 15 is 0 Å². The van der Waals surface area contributed by atoms with Crippen LogP contribution in [0.5, 0.6) is 0 Å². The maximum absolute atomic E-state index is 10.8. The lowest BCUT2D eigenvalue weighted by molar-refractivity contribution is -0.391. The molecule has 0 aromatic carbocycles. The van der Waals surface area contributed by atoms with E-state index in [9.17, 15) is 15.2 Å². The lowest BCUT2D eigenvalue weighted by Crippen LogP contribution is -2.34. The second kappa shape index (κ2) is 4.30. The van der Waals surface area contributed by atoms with Crippen molar-refractivity contribution >= 4 is 11.5 Å². The highest BCUT2D eigenvalue weighted by Crippen LogP contribution is 2.35. The monoisotopic (exact) mass is 266 g/mol. The third-order valence-corrected chi connectivity index (χ3v) is 3.78. The van der Waals surface area contributed by atoms with E-state index in [-0.39, 0.29) is 23.9 Å². The zero-order valence-corrected chi connectivity index (χ0v) is 10.4. The predicted molar refractivity (Wildman–Crippen MR) is 64.6 cm³/mol. The number of nitro groups is 1. The van der Waals surface area contributed by atoms with E-state index in [2.05, 4.69) is 10.1 Å². The van der Waals surface area contributed by atoms with Crippen molar-refractivity contribution in [2.24, 2.45) is 18.1 Å². The van der Waals surface area contributed by atoms with Gasteiger partial charge in [-0.15, -0.1) is 0 Å². The van der Waals surface area contributed by atoms with Crippen LogP contribution in [0.1, 0.15) is 25.1 Å². The molecule has 1 aromatic rings. The largest absolute Gasteiger partial charge is 0.393 e. The van der Waals surface area contributed by atoms with E-state index in [1.165, 1.54) is 10.8 Å². The number of hydrogen-bond donors (Lipinski definition) is 1. The van der Waals surface area contributed by atoms with Gasteiger partial charge in [0.1, 0.15) is 12.3 Å². The minimum absolute atomic E-state index is 0.0594. The van der Waals surface area contributed by atoms with Crippen molar-refractivity contribution in [3.63, 3.8) is 0 Å². The molecule has 1 fully saturated rings. The Morgan fingerprint density at radius 1 is 1.58 bits per heavy atom. The maximum Gasteiger partial charge on any atom is 0.342 e. The third-order valence-electron chi connectivity index (χ3n) is 3.78. The molecule has 3 rings (SSSR count). The summed E-state index contributed by atoms with van der Waals surface area (Å²) in [4.78, 5) is 19.7. The molecule has 0 amide bonds. The van der Waals surface area contributed by atoms with Gasteiger partial charge in [0, 0.05) is 6.42 Å². The lowest BCUT2D eigenvalue weighted by Gasteiger charge is -2.26. The molecule has 2 heterocycles. The first-order valence-corrected chi connectivity index (χ1v) is 6.16. The molecular formula is C11H14N4O4. The molecular weight excluding hydrogens is 252 g/mol. The average Bonchev–Trinajstić information content (AvgIpc) is 2.91. The Kier molecular flexibility index (Phi) is 2.74. The van der Waals surface area contributed by atoms with Crippen LogP contribution in [-0.4, -0.2) is 37.5 Å². The van der Waals surface area contributed by atoms with Crippen LogP contribution in [0.15, 0.2) is 11.4 Å². The average molecular weight is 266 g/mol. The van der Waals surface area contributed by atoms with Crippen molar-refractivity contribution < 1.29 is 14.9 Å². The molecule has 0 saturated heterocycles. The second-order valence-corrected chi connectivity index (χ2v) is 4.95. The summed E-state index contributed by atoms with van der Waals surface area (Å²) < 4.78 is 1.41. The summed E-state index contributed by atoms with van der Waals surface area (Å²) in [5.74, 6) is 0.455. The molecule has 0 bridgehead atoms. The Hall–Kier alpha value is -1.96. The van der Waals surface area contributed by atoms with E-state index in [0.29, 0.717) is 24.4 Å². The number of imidazole rings is 1. The van der Waals surface area contributed by atoms with Crippen LogP contribution in [0.2, 0.25) is 0 Å². The predicted octanol–water partition coefficient (Wildman–Crippen LogP) is 0.592. The van der Waals surface area contributed by atoms with Gasteiger partial charge in [0.05, 0.1) is 19.1 Å². The maximum atomic E-state index is 10.8. The summed E-state index contributed by atoms with van der Waals surface area (Å²) in [6.07, 6.45) is 2.72. The number of aliphatic hydroxyl groups is 1. The molecule has 0 spiro atoms. The summed E-state index contributed by atoms with van der Waals surface area (Å²) >= 11 is 0. The number of rotatable bonds is 2. The molecule has 0 radical (unpaired) electrons. The van der Waals surface area contributed by atoms with Crippen molar-refractivity contribution in [3.8, 4) is 0 Å². The SMILES string of the molecule is Cn1c([N+](=O)[O-])cnc1C1=NOC2CC(O)CCC12. The highest BCUT2D eigenvalue weighted by molar-refractivity contribution is 6.00. The van der Waals surface area contributed by atoms with Gasteiger partial charge in [-0.25, -0.2) is 9.55 Å². The topological polar surface area (TPSA) is 103 Å². The number of aromatic nitrogens is 2. The van der Waals surface area contributed by atoms with Crippen molar-refractivity contribution in [3.05, 3.63) is 22.1 Å². The quantitative estimate of drug-likeness (QED) is 0.623. The van der Waals surface area contributed by atoms with Crippen LogP contribution in [0.3, 0.4) is 0 Å². The van der Waals surface area contributed by atoms with Gasteiger partial charge in [-0.2, -0.15) is 0 Å². The first-order chi connectivity index (χ1) is 9.08. The first kappa shape index (κ1) is 12.1. The molecule has 1 saturated carbocycles. The van der Waals surface area contributed by atoms with E-state index in [0.717, 1.165) is 6.42 Å². The molecule has 3 atom stereocenters. The number of oxime groups is 1. The fourth-order valence-corrected chi connectivity index (χ4v) is 2.74. The lowest BCUT2D eigenvalue weighted by atomic mass is 9.82. The Labute approximate surface area is 108 Å². The Morgan fingerprint density at radius 2 is 2.37 bits per heavy atom. The van der Waals surface area contributed by atoms with E-state index in [1.54, 1.807) is 7.05 Å². The van der Waals surface area contributed by atoms with Crippen LogP contribution in [0, 0.1) is 16.0 Å². The van der Waals surface area contributed by atoms with Crippen molar-refractivity contribution in [1.29, 1.82) is 0 Å². The summed E-state index contributed by atoms with van der Waals surface area (Å²) in [6, 6.07) is 0. The number of aliphatic hydroxyl groups excluding tert-OH is 1. The van der Waals surface area contributed by atoms with Gasteiger partial charge in [0.15, 0.2) is 5.71 Å². The first-order valence-electron chi connectivity index (χ1n) is 6.16. The molecule has 3 unspecified atom stereocenters. The molecule has 8 heteroatoms. The molecule has 1 N–H and O–H groups in total. The van der Waals surface area contributed by atoms with Crippen LogP contribution < -0.4 is 0 Å². The standard InChI is InChI=1S/C11H14N4O4/c1-14-9(15(17)18)5-12-11(14)10-7-3-2-6(16)4-8(7)19-13-10/h5-8,16H,2-4H2,1H3. The second-order valence-electron chi connectivity index (χ2n) is 4.95. The Morgan fingerprint density at radius 3 is 3.05 bits per heavy atom. The van der Waals surface area contributed by atoms with Gasteiger partial charge < -0.3 is 20.1 Å². The smallest absolute Gasteiger partial charge is 0.342 e. The van der Waals surface area contributed by atoms with Crippen LogP contribution >= 0.6 is 0 Å². The van der Waals surface area contributed by atoms with Gasteiger partial charge in [0.2, 0.25) is 5.82 Å². The summed E-state index contributed by atoms with van der Waals surface area (Å²) in [5.41, 5.74) is 0.646. The number of hydrogen-bond acceptors (Lipinski definition) is 6. The van der Waals surface area contributed by atoms with Crippen molar-refractivity contribution in [2.75, 3.05) is 0 Å². The normalized spacial score (nSPS) is 29.6. The zero-order valence-electron chi connectivity index (χ0n) is 10.4. The molecule has 2 aliphatic rings. The minimum atomic E-state index is -0.477. The summed E-state index contributed by atoms with van der Waals surface area (Å²) in [5, 5.41) is 24.4. The number of nitrogens with zero attached hydrogens (tertiary/aromatic N) is 4. The van der Waals surface area contributed by atoms with E-state index in [1.807, 2.05) is 0 Å². The Bertz CT molecular complexity index is 553. The molecule has 8 nitrogen and oxygen atoms in total. The van der Waals surface area contributed by atoms with Gasteiger partial charge in [-0.05, 0) is 17.8 Å². The highest BCUT2D eigenvalue weighted by atomic mass is 16.6. The summed E-state index contributed by atoms with van der Waals surface area (Å²) in [6.45, 7) is 0. The summed E-state index contributed by atoms with van der Waals surface area (Å²) in [7, 11) is 1.59. The van der Waals surface area contributed by atoms with Crippen LogP contribution in [0.4, 0.5) is 5.82 Å². The van der Waals surface area contributed by atoms with Gasteiger partial charge in [0.25, 0.3) is 0 Å². The molecule has 1 aliphatic carbocycles. The molecule has 1 aliphatic heterocycles.